The van der Waals surface area contributed by atoms with Gasteiger partial charge in [0.05, 0.1) is 17.7 Å². The molecule has 0 aliphatic heterocycles. The Balaban J connectivity index is 3.44. The summed E-state index contributed by atoms with van der Waals surface area (Å²) >= 11 is 5.89. The Kier molecular flexibility index (Phi) is 3.10. The predicted octanol–water partition coefficient (Wildman–Crippen LogP) is 2.42. The van der Waals surface area contributed by atoms with E-state index in [0.29, 0.717) is 11.1 Å². The summed E-state index contributed by atoms with van der Waals surface area (Å²) in [5.74, 6) is 0.0969. The van der Waals surface area contributed by atoms with Crippen LogP contribution in [0.1, 0.15) is 22.8 Å². The number of rotatable bonds is 2. The Labute approximate surface area is 86.9 Å². The molecular formula is C10H8ClNO2. The number of carbonyl (C=O) groups is 1. The molecule has 0 aliphatic carbocycles. The third kappa shape index (κ3) is 1.70. The normalized spacial score (nSPS) is 9.29. The molecule has 0 N–H and O–H groups in total. The van der Waals surface area contributed by atoms with Crippen LogP contribution >= 0.6 is 11.6 Å². The summed E-state index contributed by atoms with van der Waals surface area (Å²) in [5, 5.41) is 8.92. The maximum Gasteiger partial charge on any atom is 0.161 e. The van der Waals surface area contributed by atoms with Crippen LogP contribution in [0.15, 0.2) is 12.1 Å². The zero-order chi connectivity index (χ0) is 10.7. The van der Waals surface area contributed by atoms with Crippen molar-refractivity contribution in [3.8, 4) is 11.8 Å². The maximum absolute atomic E-state index is 11.1. The average molecular weight is 210 g/mol. The summed E-state index contributed by atoms with van der Waals surface area (Å²) < 4.78 is 4.95. The van der Waals surface area contributed by atoms with E-state index in [1.807, 2.05) is 6.07 Å². The van der Waals surface area contributed by atoms with Crippen molar-refractivity contribution >= 4 is 17.4 Å². The van der Waals surface area contributed by atoms with Crippen molar-refractivity contribution in [1.29, 1.82) is 5.26 Å². The Morgan fingerprint density at radius 3 is 2.64 bits per heavy atom. The molecule has 1 aromatic carbocycles. The molecule has 1 aromatic rings. The molecule has 0 unspecified atom stereocenters. The second-order valence-electron chi connectivity index (χ2n) is 2.68. The molecule has 0 saturated carbocycles. The van der Waals surface area contributed by atoms with Crippen LogP contribution < -0.4 is 4.74 Å². The predicted molar refractivity (Wildman–Crippen MR) is 52.7 cm³/mol. The number of benzene rings is 1. The molecule has 4 heteroatoms. The Bertz CT molecular complexity index is 421. The molecule has 14 heavy (non-hydrogen) atoms. The summed E-state index contributed by atoms with van der Waals surface area (Å²) in [7, 11) is 1.41. The van der Waals surface area contributed by atoms with Crippen LogP contribution in [-0.2, 0) is 0 Å². The van der Waals surface area contributed by atoms with Gasteiger partial charge in [0.25, 0.3) is 0 Å². The number of ketones is 1. The van der Waals surface area contributed by atoms with Gasteiger partial charge in [-0.1, -0.05) is 11.6 Å². The molecule has 0 bridgehead atoms. The molecule has 0 aromatic heterocycles. The average Bonchev–Trinajstić information content (AvgIpc) is 2.16. The van der Waals surface area contributed by atoms with Crippen molar-refractivity contribution in [1.82, 2.24) is 0 Å². The van der Waals surface area contributed by atoms with Gasteiger partial charge in [-0.25, -0.2) is 0 Å². The molecule has 0 amide bonds. The van der Waals surface area contributed by atoms with Crippen molar-refractivity contribution in [2.24, 2.45) is 0 Å². The number of halogens is 1. The lowest BCUT2D eigenvalue weighted by Crippen LogP contribution is -1.97. The molecule has 0 fully saturated rings. The van der Waals surface area contributed by atoms with Gasteiger partial charge in [0.1, 0.15) is 6.07 Å². The molecule has 0 spiro atoms. The van der Waals surface area contributed by atoms with Crippen molar-refractivity contribution in [2.45, 2.75) is 6.92 Å². The first-order valence-corrected chi connectivity index (χ1v) is 4.27. The number of hydrogen-bond acceptors (Lipinski definition) is 3. The van der Waals surface area contributed by atoms with Gasteiger partial charge >= 0.3 is 0 Å². The number of methoxy groups -OCH3 is 1. The van der Waals surface area contributed by atoms with Crippen molar-refractivity contribution in [3.63, 3.8) is 0 Å². The van der Waals surface area contributed by atoms with Gasteiger partial charge < -0.3 is 4.74 Å². The second-order valence-corrected chi connectivity index (χ2v) is 3.05. The smallest absolute Gasteiger partial charge is 0.161 e. The highest BCUT2D eigenvalue weighted by atomic mass is 35.5. The Morgan fingerprint density at radius 2 is 2.21 bits per heavy atom. The first kappa shape index (κ1) is 10.6. The van der Waals surface area contributed by atoms with E-state index >= 15 is 0 Å². The van der Waals surface area contributed by atoms with E-state index < -0.39 is 0 Å². The molecule has 3 nitrogen and oxygen atoms in total. The van der Waals surface area contributed by atoms with E-state index in [-0.39, 0.29) is 16.6 Å². The fourth-order valence-electron chi connectivity index (χ4n) is 1.12. The Hall–Kier alpha value is -1.53. The number of nitriles is 1. The van der Waals surface area contributed by atoms with E-state index in [9.17, 15) is 4.79 Å². The minimum Gasteiger partial charge on any atom is -0.494 e. The molecule has 1 rings (SSSR count). The minimum absolute atomic E-state index is 0.155. The van der Waals surface area contributed by atoms with E-state index in [1.54, 1.807) is 0 Å². The van der Waals surface area contributed by atoms with Gasteiger partial charge in [-0.3, -0.25) is 4.79 Å². The molecule has 0 aliphatic rings. The lowest BCUT2D eigenvalue weighted by atomic mass is 10.1. The second kappa shape index (κ2) is 4.12. The van der Waals surface area contributed by atoms with Crippen LogP contribution in [0, 0.1) is 11.3 Å². The molecule has 0 radical (unpaired) electrons. The highest BCUT2D eigenvalue weighted by Gasteiger charge is 2.14. The zero-order valence-corrected chi connectivity index (χ0v) is 8.55. The first-order valence-electron chi connectivity index (χ1n) is 3.89. The number of hydrogen-bond donors (Lipinski definition) is 0. The third-order valence-electron chi connectivity index (χ3n) is 1.80. The van der Waals surface area contributed by atoms with Gasteiger partial charge in [0, 0.05) is 5.56 Å². The molecule has 0 atom stereocenters. The Morgan fingerprint density at radius 1 is 1.57 bits per heavy atom. The van der Waals surface area contributed by atoms with E-state index in [0.717, 1.165) is 0 Å². The van der Waals surface area contributed by atoms with Gasteiger partial charge in [-0.05, 0) is 19.1 Å². The molecule has 72 valence electrons. The topological polar surface area (TPSA) is 50.1 Å². The van der Waals surface area contributed by atoms with Crippen LogP contribution in [0.4, 0.5) is 0 Å². The van der Waals surface area contributed by atoms with E-state index in [1.165, 1.54) is 26.2 Å². The van der Waals surface area contributed by atoms with Crippen molar-refractivity contribution in [3.05, 3.63) is 28.3 Å². The van der Waals surface area contributed by atoms with Crippen LogP contribution in [-0.4, -0.2) is 12.9 Å². The summed E-state index contributed by atoms with van der Waals surface area (Å²) in [6.07, 6.45) is 0. The highest BCUT2D eigenvalue weighted by Crippen LogP contribution is 2.31. The van der Waals surface area contributed by atoms with Gasteiger partial charge in [0.2, 0.25) is 0 Å². The van der Waals surface area contributed by atoms with Crippen LogP contribution in [0.5, 0.6) is 5.75 Å². The molecule has 0 heterocycles. The molecular weight excluding hydrogens is 202 g/mol. The van der Waals surface area contributed by atoms with Crippen LogP contribution in [0.3, 0.4) is 0 Å². The van der Waals surface area contributed by atoms with Crippen LogP contribution in [0.25, 0.3) is 0 Å². The van der Waals surface area contributed by atoms with E-state index in [4.69, 9.17) is 21.6 Å². The lowest BCUT2D eigenvalue weighted by Gasteiger charge is -2.07. The first-order chi connectivity index (χ1) is 6.61. The monoisotopic (exact) mass is 209 g/mol. The maximum atomic E-state index is 11.1. The van der Waals surface area contributed by atoms with Crippen molar-refractivity contribution < 1.29 is 9.53 Å². The number of nitrogens with zero attached hydrogens (tertiary/aromatic N) is 1. The third-order valence-corrected chi connectivity index (χ3v) is 2.18. The largest absolute Gasteiger partial charge is 0.494 e. The van der Waals surface area contributed by atoms with Gasteiger partial charge in [0.15, 0.2) is 11.5 Å². The lowest BCUT2D eigenvalue weighted by molar-refractivity contribution is 0.101. The quantitative estimate of drug-likeness (QED) is 0.703. The highest BCUT2D eigenvalue weighted by molar-refractivity contribution is 6.35. The summed E-state index contributed by atoms with van der Waals surface area (Å²) in [5.41, 5.74) is 0.685. The number of Topliss-reactive ketones (excluding diaryl/α,β-unsaturated/α-hetero) is 1. The fraction of sp³-hybridized carbons (Fsp3) is 0.200. The molecule has 0 saturated heterocycles. The van der Waals surface area contributed by atoms with Gasteiger partial charge in [-0.2, -0.15) is 5.26 Å². The SMILES string of the molecule is COc1c(C#N)ccc(C(C)=O)c1Cl. The van der Waals surface area contributed by atoms with Gasteiger partial charge in [-0.15, -0.1) is 0 Å². The minimum atomic E-state index is -0.155. The summed E-state index contributed by atoms with van der Waals surface area (Å²) in [6.45, 7) is 1.41. The van der Waals surface area contributed by atoms with Crippen molar-refractivity contribution in [2.75, 3.05) is 7.11 Å². The van der Waals surface area contributed by atoms with Crippen LogP contribution in [0.2, 0.25) is 5.02 Å². The fourth-order valence-corrected chi connectivity index (χ4v) is 1.49. The standard InChI is InChI=1S/C10H8ClNO2/c1-6(13)8-4-3-7(5-12)10(14-2)9(8)11/h3-4H,1-2H3. The number of ether oxygens (including phenoxy) is 1. The summed E-state index contributed by atoms with van der Waals surface area (Å²) in [4.78, 5) is 11.1. The summed E-state index contributed by atoms with van der Waals surface area (Å²) in [6, 6.07) is 4.97. The zero-order valence-electron chi connectivity index (χ0n) is 7.80. The number of carbonyl (C=O) groups excluding carboxylic acids is 1. The van der Waals surface area contributed by atoms with E-state index in [2.05, 4.69) is 0 Å².